The van der Waals surface area contributed by atoms with Crippen LogP contribution in [0.3, 0.4) is 0 Å². The van der Waals surface area contributed by atoms with Gasteiger partial charge in [0.1, 0.15) is 17.1 Å². The minimum absolute atomic E-state index is 0.0483. The van der Waals surface area contributed by atoms with Crippen LogP contribution >= 0.6 is 11.3 Å². The summed E-state index contributed by atoms with van der Waals surface area (Å²) in [6, 6.07) is 11.8. The number of hydrogen-bond donors (Lipinski definition) is 1. The highest BCUT2D eigenvalue weighted by Gasteiger charge is 2.20. The summed E-state index contributed by atoms with van der Waals surface area (Å²) in [6.45, 7) is 1.91. The number of hydrogen-bond acceptors (Lipinski definition) is 5. The molecule has 0 atom stereocenters. The van der Waals surface area contributed by atoms with Gasteiger partial charge in [-0.15, -0.1) is 11.3 Å². The van der Waals surface area contributed by atoms with Crippen molar-refractivity contribution in [2.75, 3.05) is 5.32 Å². The molecule has 0 radical (unpaired) electrons. The number of thiazole rings is 1. The van der Waals surface area contributed by atoms with Gasteiger partial charge in [0.25, 0.3) is 0 Å². The van der Waals surface area contributed by atoms with Crippen molar-refractivity contribution < 1.29 is 9.21 Å². The fraction of sp³-hybridized carbons (Fsp3) is 0.318. The molecule has 1 fully saturated rings. The third kappa shape index (κ3) is 3.70. The number of furan rings is 1. The van der Waals surface area contributed by atoms with E-state index in [1.807, 2.05) is 48.7 Å². The van der Waals surface area contributed by atoms with Crippen molar-refractivity contribution in [1.82, 2.24) is 14.8 Å². The Labute approximate surface area is 172 Å². The summed E-state index contributed by atoms with van der Waals surface area (Å²) in [7, 11) is 0. The Bertz CT molecular complexity index is 1130. The Morgan fingerprint density at radius 1 is 1.28 bits per heavy atom. The average Bonchev–Trinajstić information content (AvgIpc) is 3.48. The Kier molecular flexibility index (Phi) is 4.67. The van der Waals surface area contributed by atoms with Crippen molar-refractivity contribution in [2.24, 2.45) is 5.92 Å². The molecule has 0 bridgehead atoms. The van der Waals surface area contributed by atoms with Gasteiger partial charge in [0.2, 0.25) is 11.0 Å². The largest absolute Gasteiger partial charge is 0.454 e. The molecule has 0 spiro atoms. The number of amides is 1. The topological polar surface area (TPSA) is 73.0 Å². The number of carbonyl (C=O) groups excluding carboxylic acids is 1. The molecule has 29 heavy (non-hydrogen) atoms. The third-order valence-electron chi connectivity index (χ3n) is 5.40. The zero-order valence-corrected chi connectivity index (χ0v) is 17.0. The molecule has 1 aliphatic rings. The van der Waals surface area contributed by atoms with Crippen molar-refractivity contribution in [2.45, 2.75) is 39.0 Å². The number of carbonyl (C=O) groups is 1. The van der Waals surface area contributed by atoms with E-state index in [0.29, 0.717) is 23.3 Å². The molecular formula is C22H22N4O2S. The minimum Gasteiger partial charge on any atom is -0.454 e. The molecule has 1 saturated carbocycles. The van der Waals surface area contributed by atoms with E-state index in [1.165, 1.54) is 24.2 Å². The summed E-state index contributed by atoms with van der Waals surface area (Å²) in [5.74, 6) is 1.94. The lowest BCUT2D eigenvalue weighted by molar-refractivity contribution is -0.117. The van der Waals surface area contributed by atoms with E-state index < -0.39 is 0 Å². The Morgan fingerprint density at radius 2 is 2.10 bits per heavy atom. The molecule has 1 aromatic carbocycles. The number of nitrogens with one attached hydrogen (secondary N) is 1. The number of benzene rings is 1. The fourth-order valence-corrected chi connectivity index (χ4v) is 4.76. The molecular weight excluding hydrogens is 384 g/mol. The van der Waals surface area contributed by atoms with Crippen LogP contribution in [0.4, 0.5) is 5.82 Å². The fourth-order valence-electron chi connectivity index (χ4n) is 3.99. The third-order valence-corrected chi connectivity index (χ3v) is 6.22. The number of aromatic nitrogens is 3. The van der Waals surface area contributed by atoms with Gasteiger partial charge in [0, 0.05) is 23.3 Å². The molecule has 0 aliphatic heterocycles. The maximum Gasteiger partial charge on any atom is 0.225 e. The predicted octanol–water partition coefficient (Wildman–Crippen LogP) is 5.57. The van der Waals surface area contributed by atoms with Gasteiger partial charge >= 0.3 is 0 Å². The van der Waals surface area contributed by atoms with Crippen LogP contribution in [0.1, 0.15) is 37.8 Å². The number of rotatable bonds is 5. The molecule has 7 heteroatoms. The van der Waals surface area contributed by atoms with Crippen molar-refractivity contribution in [3.63, 3.8) is 0 Å². The van der Waals surface area contributed by atoms with Gasteiger partial charge in [-0.1, -0.05) is 31.0 Å². The smallest absolute Gasteiger partial charge is 0.225 e. The van der Waals surface area contributed by atoms with Crippen LogP contribution in [0, 0.1) is 12.8 Å². The second-order valence-electron chi connectivity index (χ2n) is 7.65. The molecule has 3 aromatic heterocycles. The van der Waals surface area contributed by atoms with Crippen molar-refractivity contribution in [3.8, 4) is 16.6 Å². The summed E-state index contributed by atoms with van der Waals surface area (Å²) in [5.41, 5.74) is 2.44. The van der Waals surface area contributed by atoms with Gasteiger partial charge in [-0.2, -0.15) is 9.78 Å². The summed E-state index contributed by atoms with van der Waals surface area (Å²) < 4.78 is 7.63. The van der Waals surface area contributed by atoms with E-state index in [-0.39, 0.29) is 5.91 Å². The molecule has 4 aromatic rings. The maximum absolute atomic E-state index is 12.5. The summed E-state index contributed by atoms with van der Waals surface area (Å²) in [4.78, 5) is 17.2. The monoisotopic (exact) mass is 406 g/mol. The number of para-hydroxylation sites is 1. The summed E-state index contributed by atoms with van der Waals surface area (Å²) >= 11 is 1.47. The van der Waals surface area contributed by atoms with Crippen LogP contribution in [0.5, 0.6) is 0 Å². The molecule has 0 saturated heterocycles. The minimum atomic E-state index is 0.0483. The molecule has 1 N–H and O–H groups in total. The van der Waals surface area contributed by atoms with E-state index in [1.54, 1.807) is 4.68 Å². The SMILES string of the molecule is Cc1cc(NC(=O)CC2CCCC2)n(-c2nc(-c3cc4ccccc4o3)cs2)n1. The van der Waals surface area contributed by atoms with E-state index in [4.69, 9.17) is 9.40 Å². The number of aryl methyl sites for hydroxylation is 1. The first-order chi connectivity index (χ1) is 14.2. The Balaban J connectivity index is 1.39. The van der Waals surface area contributed by atoms with Gasteiger partial charge < -0.3 is 9.73 Å². The lowest BCUT2D eigenvalue weighted by atomic mass is 10.0. The molecule has 5 rings (SSSR count). The number of anilines is 1. The van der Waals surface area contributed by atoms with E-state index in [0.717, 1.165) is 41.0 Å². The van der Waals surface area contributed by atoms with Crippen LogP contribution < -0.4 is 5.32 Å². The predicted molar refractivity (Wildman–Crippen MR) is 114 cm³/mol. The zero-order chi connectivity index (χ0) is 19.8. The number of fused-ring (bicyclic) bond motifs is 1. The molecule has 3 heterocycles. The lowest BCUT2D eigenvalue weighted by Crippen LogP contribution is -2.17. The average molecular weight is 407 g/mol. The first kappa shape index (κ1) is 18.1. The zero-order valence-electron chi connectivity index (χ0n) is 16.2. The van der Waals surface area contributed by atoms with Gasteiger partial charge in [0.15, 0.2) is 5.76 Å². The summed E-state index contributed by atoms with van der Waals surface area (Å²) in [5, 5.41) is 11.3. The van der Waals surface area contributed by atoms with Gasteiger partial charge in [0.05, 0.1) is 5.69 Å². The first-order valence-corrected chi connectivity index (χ1v) is 10.8. The Morgan fingerprint density at radius 3 is 2.93 bits per heavy atom. The standard InChI is InChI=1S/C22H22N4O2S/c1-14-10-20(24-21(27)11-15-6-2-3-7-15)26(25-14)22-23-17(13-29-22)19-12-16-8-4-5-9-18(16)28-19/h4-5,8-10,12-13,15H,2-3,6-7,11H2,1H3,(H,24,27). The second kappa shape index (κ2) is 7.48. The van der Waals surface area contributed by atoms with Crippen LogP contribution in [-0.4, -0.2) is 20.7 Å². The van der Waals surface area contributed by atoms with E-state index in [9.17, 15) is 4.79 Å². The molecule has 1 aliphatic carbocycles. The summed E-state index contributed by atoms with van der Waals surface area (Å²) in [6.07, 6.45) is 5.35. The van der Waals surface area contributed by atoms with E-state index >= 15 is 0 Å². The first-order valence-electron chi connectivity index (χ1n) is 9.97. The van der Waals surface area contributed by atoms with Gasteiger partial charge in [-0.3, -0.25) is 4.79 Å². The molecule has 0 unspecified atom stereocenters. The van der Waals surface area contributed by atoms with Crippen LogP contribution in [0.25, 0.3) is 27.6 Å². The highest BCUT2D eigenvalue weighted by Crippen LogP contribution is 2.31. The highest BCUT2D eigenvalue weighted by atomic mass is 32.1. The lowest BCUT2D eigenvalue weighted by Gasteiger charge is -2.10. The normalized spacial score (nSPS) is 14.7. The maximum atomic E-state index is 12.5. The van der Waals surface area contributed by atoms with Crippen molar-refractivity contribution >= 4 is 34.0 Å². The highest BCUT2D eigenvalue weighted by molar-refractivity contribution is 7.12. The van der Waals surface area contributed by atoms with Crippen molar-refractivity contribution in [1.29, 1.82) is 0 Å². The van der Waals surface area contributed by atoms with E-state index in [2.05, 4.69) is 10.4 Å². The van der Waals surface area contributed by atoms with Crippen molar-refractivity contribution in [3.05, 3.63) is 47.5 Å². The van der Waals surface area contributed by atoms with Gasteiger partial charge in [-0.05, 0) is 37.8 Å². The van der Waals surface area contributed by atoms with Gasteiger partial charge in [-0.25, -0.2) is 4.98 Å². The number of nitrogens with zero attached hydrogens (tertiary/aromatic N) is 3. The van der Waals surface area contributed by atoms with Crippen LogP contribution in [0.2, 0.25) is 0 Å². The quantitative estimate of drug-likeness (QED) is 0.470. The molecule has 1 amide bonds. The Hall–Kier alpha value is -2.93. The van der Waals surface area contributed by atoms with Crippen LogP contribution in [0.15, 0.2) is 46.2 Å². The second-order valence-corrected chi connectivity index (χ2v) is 8.49. The molecule has 6 nitrogen and oxygen atoms in total. The van der Waals surface area contributed by atoms with Crippen LogP contribution in [-0.2, 0) is 4.79 Å². The molecule has 148 valence electrons.